The van der Waals surface area contributed by atoms with Gasteiger partial charge in [0.2, 0.25) is 0 Å². The van der Waals surface area contributed by atoms with Gasteiger partial charge in [-0.05, 0) is 19.9 Å². The Morgan fingerprint density at radius 2 is 2.00 bits per heavy atom. The number of aromatic nitrogens is 2. The Hall–Kier alpha value is -0.540. The summed E-state index contributed by atoms with van der Waals surface area (Å²) >= 11 is 6.01. The first-order valence-electron chi connectivity index (χ1n) is 6.55. The van der Waals surface area contributed by atoms with Crippen molar-refractivity contribution >= 4 is 11.6 Å². The molecule has 0 radical (unpaired) electrons. The van der Waals surface area contributed by atoms with Crippen molar-refractivity contribution < 1.29 is 0 Å². The van der Waals surface area contributed by atoms with Crippen molar-refractivity contribution in [3.8, 4) is 0 Å². The number of hydrogen-bond acceptors (Lipinski definition) is 2. The molecule has 1 fully saturated rings. The lowest BCUT2D eigenvalue weighted by Crippen LogP contribution is -2.31. The Bertz CT molecular complexity index is 354. The minimum atomic E-state index is 0.716. The third-order valence-electron chi connectivity index (χ3n) is 3.87. The maximum atomic E-state index is 6.01. The van der Waals surface area contributed by atoms with Crippen LogP contribution in [0.4, 0.5) is 0 Å². The molecule has 17 heavy (non-hydrogen) atoms. The second-order valence-corrected chi connectivity index (χ2v) is 5.50. The van der Waals surface area contributed by atoms with Gasteiger partial charge in [-0.3, -0.25) is 4.90 Å². The van der Waals surface area contributed by atoms with Crippen LogP contribution in [0.25, 0.3) is 0 Å². The van der Waals surface area contributed by atoms with Crippen molar-refractivity contribution in [1.82, 2.24) is 14.5 Å². The number of rotatable bonds is 3. The monoisotopic (exact) mass is 255 g/mol. The quantitative estimate of drug-likeness (QED) is 0.774. The molecule has 0 spiro atoms. The molecule has 1 saturated carbocycles. The van der Waals surface area contributed by atoms with Gasteiger partial charge in [-0.25, -0.2) is 4.98 Å². The molecule has 96 valence electrons. The fraction of sp³-hybridized carbons (Fsp3) is 0.769. The Balaban J connectivity index is 1.95. The van der Waals surface area contributed by atoms with Gasteiger partial charge < -0.3 is 4.57 Å². The van der Waals surface area contributed by atoms with Gasteiger partial charge in [-0.1, -0.05) is 37.3 Å². The van der Waals surface area contributed by atoms with E-state index in [4.69, 9.17) is 11.6 Å². The molecule has 1 aliphatic rings. The molecule has 4 heteroatoms. The number of hydrogen-bond donors (Lipinski definition) is 0. The average Bonchev–Trinajstić information content (AvgIpc) is 2.59. The third-order valence-corrected chi connectivity index (χ3v) is 4.22. The van der Waals surface area contributed by atoms with Crippen LogP contribution >= 0.6 is 11.6 Å². The summed E-state index contributed by atoms with van der Waals surface area (Å²) in [5.74, 6) is 1.06. The topological polar surface area (TPSA) is 21.1 Å². The molecule has 1 aromatic heterocycles. The largest absolute Gasteiger partial charge is 0.321 e. The van der Waals surface area contributed by atoms with Gasteiger partial charge in [0.15, 0.2) is 0 Å². The summed E-state index contributed by atoms with van der Waals surface area (Å²) in [6.45, 7) is 0.897. The van der Waals surface area contributed by atoms with E-state index in [1.165, 1.54) is 38.5 Å². The van der Waals surface area contributed by atoms with Crippen molar-refractivity contribution in [3.05, 3.63) is 17.2 Å². The van der Waals surface area contributed by atoms with E-state index in [0.717, 1.165) is 12.4 Å². The molecule has 0 bridgehead atoms. The molecule has 0 aromatic carbocycles. The summed E-state index contributed by atoms with van der Waals surface area (Å²) in [6, 6.07) is 0.716. The van der Waals surface area contributed by atoms with Gasteiger partial charge in [0.1, 0.15) is 11.0 Å². The van der Waals surface area contributed by atoms with Crippen molar-refractivity contribution in [2.45, 2.75) is 51.1 Å². The highest BCUT2D eigenvalue weighted by molar-refractivity contribution is 6.29. The van der Waals surface area contributed by atoms with Gasteiger partial charge in [0.25, 0.3) is 0 Å². The minimum Gasteiger partial charge on any atom is -0.321 e. The van der Waals surface area contributed by atoms with E-state index in [9.17, 15) is 0 Å². The van der Waals surface area contributed by atoms with Gasteiger partial charge in [0.05, 0.1) is 12.7 Å². The van der Waals surface area contributed by atoms with Crippen molar-refractivity contribution in [1.29, 1.82) is 0 Å². The van der Waals surface area contributed by atoms with Gasteiger partial charge in [0, 0.05) is 13.1 Å². The van der Waals surface area contributed by atoms with Gasteiger partial charge in [-0.15, -0.1) is 0 Å². The van der Waals surface area contributed by atoms with Crippen LogP contribution in [0.1, 0.15) is 44.3 Å². The first-order valence-corrected chi connectivity index (χ1v) is 6.92. The lowest BCUT2D eigenvalue weighted by atomic mass is 10.1. The van der Waals surface area contributed by atoms with Crippen LogP contribution in [-0.4, -0.2) is 27.5 Å². The number of nitrogens with zero attached hydrogens (tertiary/aromatic N) is 3. The fourth-order valence-corrected chi connectivity index (χ4v) is 2.77. The second-order valence-electron chi connectivity index (χ2n) is 5.12. The Morgan fingerprint density at radius 3 is 2.53 bits per heavy atom. The lowest BCUT2D eigenvalue weighted by molar-refractivity contribution is 0.206. The van der Waals surface area contributed by atoms with E-state index in [1.54, 1.807) is 6.20 Å². The van der Waals surface area contributed by atoms with E-state index in [-0.39, 0.29) is 0 Å². The summed E-state index contributed by atoms with van der Waals surface area (Å²) in [7, 11) is 4.18. The van der Waals surface area contributed by atoms with Crippen LogP contribution in [0.15, 0.2) is 6.20 Å². The molecular weight excluding hydrogens is 234 g/mol. The standard InChI is InChI=1S/C13H22ClN3/c1-16(11-7-5-3-4-6-8-11)10-13-15-9-12(14)17(13)2/h9,11H,3-8,10H2,1-2H3. The van der Waals surface area contributed by atoms with Crippen LogP contribution in [0.2, 0.25) is 5.15 Å². The normalized spacial score (nSPS) is 18.6. The SMILES string of the molecule is CN(Cc1ncc(Cl)n1C)C1CCCCCC1. The van der Waals surface area contributed by atoms with Crippen molar-refractivity contribution in [2.24, 2.45) is 7.05 Å². The summed E-state index contributed by atoms with van der Waals surface area (Å²) in [6.07, 6.45) is 9.94. The van der Waals surface area contributed by atoms with E-state index < -0.39 is 0 Å². The molecule has 0 unspecified atom stereocenters. The smallest absolute Gasteiger partial charge is 0.128 e. The first kappa shape index (κ1) is 12.9. The zero-order chi connectivity index (χ0) is 12.3. The number of imidazole rings is 1. The molecule has 2 rings (SSSR count). The molecule has 1 heterocycles. The Labute approximate surface area is 109 Å². The van der Waals surface area contributed by atoms with E-state index >= 15 is 0 Å². The zero-order valence-electron chi connectivity index (χ0n) is 10.8. The van der Waals surface area contributed by atoms with Crippen molar-refractivity contribution in [2.75, 3.05) is 7.05 Å². The highest BCUT2D eigenvalue weighted by Gasteiger charge is 2.18. The fourth-order valence-electron chi connectivity index (χ4n) is 2.62. The first-order chi connectivity index (χ1) is 8.18. The highest BCUT2D eigenvalue weighted by atomic mass is 35.5. The minimum absolute atomic E-state index is 0.716. The average molecular weight is 256 g/mol. The van der Waals surface area contributed by atoms with Crippen LogP contribution in [-0.2, 0) is 13.6 Å². The van der Waals surface area contributed by atoms with Crippen LogP contribution in [0.3, 0.4) is 0 Å². The molecule has 0 atom stereocenters. The van der Waals surface area contributed by atoms with Crippen LogP contribution in [0, 0.1) is 0 Å². The molecule has 0 saturated heterocycles. The van der Waals surface area contributed by atoms with Crippen LogP contribution in [0.5, 0.6) is 0 Å². The number of halogens is 1. The lowest BCUT2D eigenvalue weighted by Gasteiger charge is -2.26. The van der Waals surface area contributed by atoms with Crippen molar-refractivity contribution in [3.63, 3.8) is 0 Å². The molecule has 1 aromatic rings. The van der Waals surface area contributed by atoms with E-state index in [2.05, 4.69) is 16.9 Å². The second kappa shape index (κ2) is 5.87. The summed E-state index contributed by atoms with van der Waals surface area (Å²) in [4.78, 5) is 6.80. The molecule has 0 amide bonds. The molecule has 1 aliphatic carbocycles. The van der Waals surface area contributed by atoms with Crippen LogP contribution < -0.4 is 0 Å². The summed E-state index contributed by atoms with van der Waals surface area (Å²) < 4.78 is 1.97. The molecular formula is C13H22ClN3. The summed E-state index contributed by atoms with van der Waals surface area (Å²) in [5.41, 5.74) is 0. The maximum Gasteiger partial charge on any atom is 0.128 e. The summed E-state index contributed by atoms with van der Waals surface area (Å²) in [5, 5.41) is 0.717. The molecule has 0 aliphatic heterocycles. The van der Waals surface area contributed by atoms with E-state index in [1.807, 2.05) is 11.6 Å². The maximum absolute atomic E-state index is 6.01. The predicted octanol–water partition coefficient (Wildman–Crippen LogP) is 3.23. The van der Waals surface area contributed by atoms with Gasteiger partial charge in [-0.2, -0.15) is 0 Å². The van der Waals surface area contributed by atoms with Gasteiger partial charge >= 0.3 is 0 Å². The van der Waals surface area contributed by atoms with E-state index in [0.29, 0.717) is 11.2 Å². The Kier molecular flexibility index (Phi) is 4.46. The third kappa shape index (κ3) is 3.23. The predicted molar refractivity (Wildman–Crippen MR) is 71.2 cm³/mol. The molecule has 3 nitrogen and oxygen atoms in total. The molecule has 0 N–H and O–H groups in total. The Morgan fingerprint density at radius 1 is 1.35 bits per heavy atom. The highest BCUT2D eigenvalue weighted by Crippen LogP contribution is 2.22. The zero-order valence-corrected chi connectivity index (χ0v) is 11.6.